The van der Waals surface area contributed by atoms with Crippen molar-refractivity contribution < 1.29 is 0 Å². The fourth-order valence-electron chi connectivity index (χ4n) is 1.56. The van der Waals surface area contributed by atoms with Crippen molar-refractivity contribution in [3.63, 3.8) is 0 Å². The lowest BCUT2D eigenvalue weighted by molar-refractivity contribution is 1.14. The van der Waals surface area contributed by atoms with Crippen molar-refractivity contribution >= 4 is 46.4 Å². The van der Waals surface area contributed by atoms with Crippen LogP contribution in [0.1, 0.15) is 16.5 Å². The highest BCUT2D eigenvalue weighted by atomic mass is 35.5. The van der Waals surface area contributed by atoms with Crippen molar-refractivity contribution in [2.24, 2.45) is 0 Å². The van der Waals surface area contributed by atoms with E-state index in [1.165, 1.54) is 0 Å². The summed E-state index contributed by atoms with van der Waals surface area (Å²) in [5.41, 5.74) is 1.63. The second-order valence-electron chi connectivity index (χ2n) is 3.55. The van der Waals surface area contributed by atoms with Gasteiger partial charge in [-0.25, -0.2) is 0 Å². The maximum absolute atomic E-state index is 6.38. The zero-order valence-corrected chi connectivity index (χ0v) is 11.7. The van der Waals surface area contributed by atoms with E-state index < -0.39 is 0 Å². The first-order chi connectivity index (χ1) is 8.09. The lowest BCUT2D eigenvalue weighted by Gasteiger charge is -2.13. The van der Waals surface area contributed by atoms with Crippen molar-refractivity contribution in [1.82, 2.24) is 0 Å². The lowest BCUT2D eigenvalue weighted by atomic mass is 10.0. The molecule has 1 atom stereocenters. The molecule has 2 aromatic carbocycles. The molecule has 0 aliphatic carbocycles. The average Bonchev–Trinajstić information content (AvgIpc) is 2.29. The van der Waals surface area contributed by atoms with Gasteiger partial charge in [0.2, 0.25) is 0 Å². The van der Waals surface area contributed by atoms with Gasteiger partial charge in [0.25, 0.3) is 0 Å². The van der Waals surface area contributed by atoms with Crippen molar-refractivity contribution in [2.75, 3.05) is 0 Å². The maximum Gasteiger partial charge on any atom is 0.0864 e. The van der Waals surface area contributed by atoms with Gasteiger partial charge in [0, 0.05) is 15.1 Å². The van der Waals surface area contributed by atoms with E-state index in [1.807, 2.05) is 24.3 Å². The summed E-state index contributed by atoms with van der Waals surface area (Å²) in [4.78, 5) is 0. The third-order valence-electron chi connectivity index (χ3n) is 2.41. The van der Waals surface area contributed by atoms with Gasteiger partial charge in [-0.1, -0.05) is 59.1 Å². The molecule has 0 bridgehead atoms. The van der Waals surface area contributed by atoms with E-state index in [2.05, 4.69) is 0 Å². The first-order valence-electron chi connectivity index (χ1n) is 4.93. The molecule has 88 valence electrons. The number of rotatable bonds is 2. The summed E-state index contributed by atoms with van der Waals surface area (Å²) in [6, 6.07) is 12.7. The zero-order chi connectivity index (χ0) is 12.4. The Labute approximate surface area is 120 Å². The molecule has 4 heteroatoms. The van der Waals surface area contributed by atoms with E-state index in [0.29, 0.717) is 15.1 Å². The van der Waals surface area contributed by atoms with Gasteiger partial charge in [0.1, 0.15) is 0 Å². The second-order valence-corrected chi connectivity index (χ2v) is 5.24. The molecule has 0 aliphatic heterocycles. The van der Waals surface area contributed by atoms with E-state index in [0.717, 1.165) is 11.1 Å². The highest BCUT2D eigenvalue weighted by Crippen LogP contribution is 2.37. The van der Waals surface area contributed by atoms with Crippen LogP contribution >= 0.6 is 46.4 Å². The number of benzene rings is 2. The Balaban J connectivity index is 2.44. The standard InChI is InChI=1S/C13H8Cl4/c14-8-5-6-10(12(16)7-8)13(17)9-3-1-2-4-11(9)15/h1-7,13H. The van der Waals surface area contributed by atoms with Crippen molar-refractivity contribution in [2.45, 2.75) is 5.38 Å². The minimum atomic E-state index is -0.381. The molecule has 0 saturated heterocycles. The third-order valence-corrected chi connectivity index (χ3v) is 3.79. The Kier molecular flexibility index (Phi) is 4.22. The van der Waals surface area contributed by atoms with Gasteiger partial charge in [0.05, 0.1) is 5.38 Å². The van der Waals surface area contributed by atoms with Crippen molar-refractivity contribution in [1.29, 1.82) is 0 Å². The van der Waals surface area contributed by atoms with E-state index in [9.17, 15) is 0 Å². The smallest absolute Gasteiger partial charge is 0.0864 e. The molecular formula is C13H8Cl4. The largest absolute Gasteiger partial charge is 0.112 e. The number of hydrogen-bond acceptors (Lipinski definition) is 0. The number of hydrogen-bond donors (Lipinski definition) is 0. The van der Waals surface area contributed by atoms with Crippen LogP contribution in [0.3, 0.4) is 0 Å². The first-order valence-corrected chi connectivity index (χ1v) is 6.50. The molecular weight excluding hydrogens is 298 g/mol. The minimum absolute atomic E-state index is 0.381. The molecule has 0 heterocycles. The summed E-state index contributed by atoms with van der Waals surface area (Å²) >= 11 is 24.4. The van der Waals surface area contributed by atoms with E-state index in [1.54, 1.807) is 18.2 Å². The summed E-state index contributed by atoms with van der Waals surface area (Å²) in [6.45, 7) is 0. The van der Waals surface area contributed by atoms with E-state index in [4.69, 9.17) is 46.4 Å². The SMILES string of the molecule is Clc1ccc(C(Cl)c2ccccc2Cl)c(Cl)c1. The van der Waals surface area contributed by atoms with Crippen LogP contribution in [0.25, 0.3) is 0 Å². The molecule has 0 nitrogen and oxygen atoms in total. The van der Waals surface area contributed by atoms with Gasteiger partial charge in [-0.05, 0) is 29.3 Å². The zero-order valence-electron chi connectivity index (χ0n) is 8.63. The molecule has 0 fully saturated rings. The van der Waals surface area contributed by atoms with Gasteiger partial charge in [-0.3, -0.25) is 0 Å². The molecule has 17 heavy (non-hydrogen) atoms. The Bertz CT molecular complexity index is 537. The monoisotopic (exact) mass is 304 g/mol. The fraction of sp³-hybridized carbons (Fsp3) is 0.0769. The Morgan fingerprint density at radius 3 is 2.06 bits per heavy atom. The molecule has 2 rings (SSSR count). The minimum Gasteiger partial charge on any atom is -0.112 e. The molecule has 0 aliphatic rings. The van der Waals surface area contributed by atoms with Gasteiger partial charge in [-0.2, -0.15) is 0 Å². The molecule has 0 saturated carbocycles. The molecule has 0 radical (unpaired) electrons. The second kappa shape index (κ2) is 5.49. The molecule has 0 N–H and O–H groups in total. The fourth-order valence-corrected chi connectivity index (χ4v) is 2.81. The van der Waals surface area contributed by atoms with E-state index in [-0.39, 0.29) is 5.38 Å². The molecule has 0 spiro atoms. The Morgan fingerprint density at radius 1 is 0.765 bits per heavy atom. The molecule has 0 aromatic heterocycles. The van der Waals surface area contributed by atoms with Crippen LogP contribution in [0.15, 0.2) is 42.5 Å². The summed E-state index contributed by atoms with van der Waals surface area (Å²) < 4.78 is 0. The number of halogens is 4. The lowest BCUT2D eigenvalue weighted by Crippen LogP contribution is -1.95. The normalized spacial score (nSPS) is 12.5. The van der Waals surface area contributed by atoms with Gasteiger partial charge in [-0.15, -0.1) is 11.6 Å². The predicted octanol–water partition coefficient (Wildman–Crippen LogP) is 5.98. The predicted molar refractivity (Wildman–Crippen MR) is 75.6 cm³/mol. The van der Waals surface area contributed by atoms with Crippen LogP contribution in [0.5, 0.6) is 0 Å². The van der Waals surface area contributed by atoms with Crippen LogP contribution in [0.2, 0.25) is 15.1 Å². The van der Waals surface area contributed by atoms with Crippen LogP contribution in [0, 0.1) is 0 Å². The van der Waals surface area contributed by atoms with Gasteiger partial charge in [0.15, 0.2) is 0 Å². The van der Waals surface area contributed by atoms with Crippen LogP contribution in [-0.4, -0.2) is 0 Å². The third kappa shape index (κ3) is 2.89. The molecule has 0 amide bonds. The topological polar surface area (TPSA) is 0 Å². The first kappa shape index (κ1) is 13.0. The Morgan fingerprint density at radius 2 is 1.41 bits per heavy atom. The van der Waals surface area contributed by atoms with Crippen molar-refractivity contribution in [3.05, 3.63) is 68.7 Å². The highest BCUT2D eigenvalue weighted by molar-refractivity contribution is 6.36. The summed E-state index contributed by atoms with van der Waals surface area (Å²) in [6.07, 6.45) is 0. The summed E-state index contributed by atoms with van der Waals surface area (Å²) in [5, 5.41) is 1.37. The van der Waals surface area contributed by atoms with Crippen LogP contribution in [0.4, 0.5) is 0 Å². The molecule has 2 aromatic rings. The maximum atomic E-state index is 6.38. The van der Waals surface area contributed by atoms with E-state index >= 15 is 0 Å². The van der Waals surface area contributed by atoms with Crippen molar-refractivity contribution in [3.8, 4) is 0 Å². The van der Waals surface area contributed by atoms with Crippen LogP contribution in [-0.2, 0) is 0 Å². The average molecular weight is 306 g/mol. The summed E-state index contributed by atoms with van der Waals surface area (Å²) in [5.74, 6) is 0. The quantitative estimate of drug-likeness (QED) is 0.599. The highest BCUT2D eigenvalue weighted by Gasteiger charge is 2.16. The van der Waals surface area contributed by atoms with Crippen LogP contribution < -0.4 is 0 Å². The van der Waals surface area contributed by atoms with Gasteiger partial charge >= 0.3 is 0 Å². The molecule has 1 unspecified atom stereocenters. The summed E-state index contributed by atoms with van der Waals surface area (Å²) in [7, 11) is 0. The van der Waals surface area contributed by atoms with Gasteiger partial charge < -0.3 is 0 Å². The number of alkyl halides is 1. The Hall–Kier alpha value is -0.400.